The number of aromatic nitrogens is 3. The number of fused-ring (bicyclic) bond motifs is 3. The molecular weight excluding hydrogens is 394 g/mol. The first-order valence-electron chi connectivity index (χ1n) is 10.1. The predicted octanol–water partition coefficient (Wildman–Crippen LogP) is 4.22. The Balaban J connectivity index is 1.50. The summed E-state index contributed by atoms with van der Waals surface area (Å²) in [7, 11) is 0. The van der Waals surface area contributed by atoms with E-state index in [0.717, 1.165) is 33.5 Å². The van der Waals surface area contributed by atoms with Crippen LogP contribution in [0.25, 0.3) is 16.6 Å². The van der Waals surface area contributed by atoms with Gasteiger partial charge in [-0.05, 0) is 50.5 Å². The van der Waals surface area contributed by atoms with Gasteiger partial charge < -0.3 is 5.32 Å². The standard InChI is InChI=1S/C23H23N5O3/c1-14(17-7-6-8-18(13-17)28(30)31)24-22(29)12-11-19-15(2)25-23-20-9-4-5-10-21(20)26-27(23)16(19)3/h4-10,13-14H,11-12H2,1-3H3,(H,24,29). The van der Waals surface area contributed by atoms with E-state index in [9.17, 15) is 14.9 Å². The molecule has 31 heavy (non-hydrogen) atoms. The number of hydrogen-bond donors (Lipinski definition) is 1. The van der Waals surface area contributed by atoms with Crippen LogP contribution in [0.5, 0.6) is 0 Å². The number of carbonyl (C=O) groups is 1. The van der Waals surface area contributed by atoms with Crippen LogP contribution >= 0.6 is 0 Å². The molecule has 0 fully saturated rings. The second-order valence-electron chi connectivity index (χ2n) is 7.66. The van der Waals surface area contributed by atoms with Gasteiger partial charge in [0, 0.05) is 35.3 Å². The minimum absolute atomic E-state index is 0.0100. The van der Waals surface area contributed by atoms with Crippen LogP contribution in [0.3, 0.4) is 0 Å². The summed E-state index contributed by atoms with van der Waals surface area (Å²) in [4.78, 5) is 27.8. The molecule has 4 aromatic rings. The number of benzene rings is 2. The molecule has 158 valence electrons. The van der Waals surface area contributed by atoms with Crippen LogP contribution in [-0.2, 0) is 11.2 Å². The maximum atomic E-state index is 12.6. The highest BCUT2D eigenvalue weighted by molar-refractivity contribution is 5.92. The average molecular weight is 417 g/mol. The summed E-state index contributed by atoms with van der Waals surface area (Å²) in [5.74, 6) is -0.122. The van der Waals surface area contributed by atoms with E-state index in [4.69, 9.17) is 4.98 Å². The molecule has 2 aromatic carbocycles. The van der Waals surface area contributed by atoms with Crippen LogP contribution in [-0.4, -0.2) is 25.4 Å². The van der Waals surface area contributed by atoms with Gasteiger partial charge in [0.25, 0.3) is 5.69 Å². The normalized spacial score (nSPS) is 12.2. The molecule has 0 bridgehead atoms. The molecule has 0 saturated heterocycles. The van der Waals surface area contributed by atoms with Crippen molar-refractivity contribution in [3.63, 3.8) is 0 Å². The molecule has 1 amide bonds. The Hall–Kier alpha value is -3.81. The first-order chi connectivity index (χ1) is 14.8. The number of rotatable bonds is 6. The molecule has 0 radical (unpaired) electrons. The van der Waals surface area contributed by atoms with Crippen molar-refractivity contribution in [3.05, 3.63) is 81.2 Å². The number of carbonyl (C=O) groups excluding carboxylic acids is 1. The molecule has 0 spiro atoms. The van der Waals surface area contributed by atoms with Gasteiger partial charge in [0.2, 0.25) is 5.91 Å². The van der Waals surface area contributed by atoms with Crippen molar-refractivity contribution in [2.75, 3.05) is 0 Å². The zero-order valence-corrected chi connectivity index (χ0v) is 17.6. The Morgan fingerprint density at radius 1 is 1.19 bits per heavy atom. The maximum absolute atomic E-state index is 12.6. The molecule has 2 aromatic heterocycles. The van der Waals surface area contributed by atoms with Crippen LogP contribution < -0.4 is 5.32 Å². The summed E-state index contributed by atoms with van der Waals surface area (Å²) >= 11 is 0. The van der Waals surface area contributed by atoms with Gasteiger partial charge in [0.1, 0.15) is 0 Å². The lowest BCUT2D eigenvalue weighted by Gasteiger charge is -2.15. The topological polar surface area (TPSA) is 102 Å². The van der Waals surface area contributed by atoms with Crippen molar-refractivity contribution in [1.29, 1.82) is 0 Å². The lowest BCUT2D eigenvalue weighted by atomic mass is 10.0. The van der Waals surface area contributed by atoms with Crippen molar-refractivity contribution in [2.24, 2.45) is 0 Å². The number of nitro groups is 1. The van der Waals surface area contributed by atoms with Crippen LogP contribution in [0.4, 0.5) is 5.69 Å². The second kappa shape index (κ2) is 8.14. The monoisotopic (exact) mass is 417 g/mol. The minimum atomic E-state index is -0.439. The van der Waals surface area contributed by atoms with E-state index in [1.165, 1.54) is 12.1 Å². The highest BCUT2D eigenvalue weighted by atomic mass is 16.6. The van der Waals surface area contributed by atoms with Gasteiger partial charge >= 0.3 is 0 Å². The third-order valence-corrected chi connectivity index (χ3v) is 5.58. The molecule has 1 atom stereocenters. The van der Waals surface area contributed by atoms with E-state index in [-0.39, 0.29) is 24.1 Å². The Morgan fingerprint density at radius 3 is 2.74 bits per heavy atom. The largest absolute Gasteiger partial charge is 0.350 e. The Kier molecular flexibility index (Phi) is 5.37. The number of nitrogens with one attached hydrogen (secondary N) is 1. The summed E-state index contributed by atoms with van der Waals surface area (Å²) in [6, 6.07) is 13.9. The van der Waals surface area contributed by atoms with Gasteiger partial charge in [-0.3, -0.25) is 14.9 Å². The highest BCUT2D eigenvalue weighted by Gasteiger charge is 2.17. The maximum Gasteiger partial charge on any atom is 0.269 e. The fourth-order valence-electron chi connectivity index (χ4n) is 3.88. The highest BCUT2D eigenvalue weighted by Crippen LogP contribution is 2.23. The molecule has 0 aliphatic carbocycles. The number of hydrogen-bond acceptors (Lipinski definition) is 5. The molecular formula is C23H23N5O3. The second-order valence-corrected chi connectivity index (χ2v) is 7.66. The lowest BCUT2D eigenvalue weighted by molar-refractivity contribution is -0.384. The quantitative estimate of drug-likeness (QED) is 0.374. The summed E-state index contributed by atoms with van der Waals surface area (Å²) in [6.45, 7) is 5.76. The van der Waals surface area contributed by atoms with E-state index < -0.39 is 4.92 Å². The summed E-state index contributed by atoms with van der Waals surface area (Å²) < 4.78 is 1.84. The Labute approximate surface area is 179 Å². The van der Waals surface area contributed by atoms with Crippen molar-refractivity contribution in [2.45, 2.75) is 39.7 Å². The van der Waals surface area contributed by atoms with Gasteiger partial charge in [-0.15, -0.1) is 0 Å². The summed E-state index contributed by atoms with van der Waals surface area (Å²) in [5.41, 5.74) is 5.26. The zero-order valence-electron chi connectivity index (χ0n) is 17.6. The van der Waals surface area contributed by atoms with Crippen molar-refractivity contribution in [3.8, 4) is 0 Å². The molecule has 2 heterocycles. The molecule has 0 aliphatic rings. The van der Waals surface area contributed by atoms with E-state index in [1.54, 1.807) is 12.1 Å². The van der Waals surface area contributed by atoms with Crippen LogP contribution in [0.15, 0.2) is 48.5 Å². The third-order valence-electron chi connectivity index (χ3n) is 5.58. The molecule has 8 heteroatoms. The molecule has 0 saturated carbocycles. The van der Waals surface area contributed by atoms with E-state index in [1.807, 2.05) is 49.6 Å². The van der Waals surface area contributed by atoms with Gasteiger partial charge in [-0.2, -0.15) is 5.10 Å². The first-order valence-corrected chi connectivity index (χ1v) is 10.1. The van der Waals surface area contributed by atoms with E-state index in [0.29, 0.717) is 12.0 Å². The van der Waals surface area contributed by atoms with E-state index in [2.05, 4.69) is 10.4 Å². The third kappa shape index (κ3) is 3.96. The fraction of sp³-hybridized carbons (Fsp3) is 0.261. The summed E-state index contributed by atoms with van der Waals surface area (Å²) in [5, 5.41) is 19.6. The van der Waals surface area contributed by atoms with Crippen LogP contribution in [0.2, 0.25) is 0 Å². The Bertz CT molecular complexity index is 1310. The molecule has 1 unspecified atom stereocenters. The first kappa shape index (κ1) is 20.5. The van der Waals surface area contributed by atoms with Gasteiger partial charge in [-0.1, -0.05) is 24.3 Å². The molecule has 8 nitrogen and oxygen atoms in total. The Morgan fingerprint density at radius 2 is 1.97 bits per heavy atom. The molecule has 4 rings (SSSR count). The lowest BCUT2D eigenvalue weighted by Crippen LogP contribution is -2.27. The average Bonchev–Trinajstić information content (AvgIpc) is 3.12. The fourth-order valence-corrected chi connectivity index (χ4v) is 3.88. The van der Waals surface area contributed by atoms with Crippen LogP contribution in [0.1, 0.15) is 41.9 Å². The SMILES string of the molecule is Cc1nc2c3ccccc3nn2c(C)c1CCC(=O)NC(C)c1cccc([N+](=O)[O-])c1. The molecule has 1 N–H and O–H groups in total. The smallest absolute Gasteiger partial charge is 0.269 e. The number of aryl methyl sites for hydroxylation is 2. The van der Waals surface area contributed by atoms with Gasteiger partial charge in [0.05, 0.1) is 16.5 Å². The molecule has 0 aliphatic heterocycles. The van der Waals surface area contributed by atoms with Gasteiger partial charge in [-0.25, -0.2) is 9.50 Å². The van der Waals surface area contributed by atoms with Crippen molar-refractivity contribution >= 4 is 28.1 Å². The van der Waals surface area contributed by atoms with E-state index >= 15 is 0 Å². The number of amides is 1. The van der Waals surface area contributed by atoms with Crippen LogP contribution in [0, 0.1) is 24.0 Å². The number of nitrogens with zero attached hydrogens (tertiary/aromatic N) is 4. The number of nitro benzene ring substituents is 1. The minimum Gasteiger partial charge on any atom is -0.350 e. The van der Waals surface area contributed by atoms with Gasteiger partial charge in [0.15, 0.2) is 5.65 Å². The summed E-state index contributed by atoms with van der Waals surface area (Å²) in [6.07, 6.45) is 0.819. The number of non-ortho nitro benzene ring substituents is 1. The zero-order chi connectivity index (χ0) is 22.1. The van der Waals surface area contributed by atoms with Crippen molar-refractivity contribution in [1.82, 2.24) is 19.9 Å². The van der Waals surface area contributed by atoms with Crippen molar-refractivity contribution < 1.29 is 9.72 Å². The predicted molar refractivity (Wildman–Crippen MR) is 118 cm³/mol.